The van der Waals surface area contributed by atoms with Gasteiger partial charge in [-0.2, -0.15) is 0 Å². The molecule has 0 saturated heterocycles. The molecule has 0 fully saturated rings. The highest BCUT2D eigenvalue weighted by molar-refractivity contribution is 5.68. The second-order valence-corrected chi connectivity index (χ2v) is 3.48. The van der Waals surface area contributed by atoms with Gasteiger partial charge in [0.25, 0.3) is 0 Å². The molecule has 0 aliphatic rings. The first-order chi connectivity index (χ1) is 7.18. The summed E-state index contributed by atoms with van der Waals surface area (Å²) in [6.45, 7) is 1.85. The zero-order valence-electron chi connectivity index (χ0n) is 8.37. The fourth-order valence-electron chi connectivity index (χ4n) is 1.66. The normalized spacial score (nSPS) is 10.3. The maximum absolute atomic E-state index is 13.6. The summed E-state index contributed by atoms with van der Waals surface area (Å²) in [6, 6.07) is 11.6. The lowest BCUT2D eigenvalue weighted by Gasteiger charge is -2.07. The highest BCUT2D eigenvalue weighted by atomic mass is 19.1. The van der Waals surface area contributed by atoms with Crippen molar-refractivity contribution in [1.29, 1.82) is 0 Å². The standard InChI is InChI=1S/C13H11FO/c1-9-4-2-7-12(14)13(9)10-5-3-6-11(15)8-10/h2-8,15H,1H3. The van der Waals surface area contributed by atoms with Crippen molar-refractivity contribution < 1.29 is 9.50 Å². The molecule has 0 bridgehead atoms. The summed E-state index contributed by atoms with van der Waals surface area (Å²) in [5, 5.41) is 9.33. The predicted octanol–water partition coefficient (Wildman–Crippen LogP) is 3.51. The third kappa shape index (κ3) is 1.84. The Morgan fingerprint density at radius 1 is 1.07 bits per heavy atom. The quantitative estimate of drug-likeness (QED) is 0.750. The third-order valence-electron chi connectivity index (χ3n) is 2.36. The molecule has 2 aromatic carbocycles. The van der Waals surface area contributed by atoms with E-state index in [1.165, 1.54) is 6.07 Å². The van der Waals surface area contributed by atoms with Crippen LogP contribution in [0.1, 0.15) is 5.56 Å². The van der Waals surface area contributed by atoms with E-state index < -0.39 is 0 Å². The summed E-state index contributed by atoms with van der Waals surface area (Å²) in [6.07, 6.45) is 0. The van der Waals surface area contributed by atoms with Gasteiger partial charge in [-0.25, -0.2) is 4.39 Å². The summed E-state index contributed by atoms with van der Waals surface area (Å²) < 4.78 is 13.6. The maximum atomic E-state index is 13.6. The largest absolute Gasteiger partial charge is 0.508 e. The Hall–Kier alpha value is -1.83. The van der Waals surface area contributed by atoms with E-state index in [1.54, 1.807) is 30.3 Å². The Bertz CT molecular complexity index is 471. The number of rotatable bonds is 1. The van der Waals surface area contributed by atoms with Crippen LogP contribution in [0.15, 0.2) is 42.5 Å². The van der Waals surface area contributed by atoms with Crippen molar-refractivity contribution in [1.82, 2.24) is 0 Å². The molecule has 0 spiro atoms. The first-order valence-electron chi connectivity index (χ1n) is 4.73. The molecule has 15 heavy (non-hydrogen) atoms. The number of benzene rings is 2. The molecule has 2 rings (SSSR count). The molecule has 0 amide bonds. The van der Waals surface area contributed by atoms with Crippen LogP contribution in [-0.4, -0.2) is 5.11 Å². The van der Waals surface area contributed by atoms with E-state index in [9.17, 15) is 9.50 Å². The molecule has 0 aliphatic carbocycles. The summed E-state index contributed by atoms with van der Waals surface area (Å²) in [7, 11) is 0. The SMILES string of the molecule is Cc1cccc(F)c1-c1cccc(O)c1. The van der Waals surface area contributed by atoms with Gasteiger partial charge in [-0.1, -0.05) is 24.3 Å². The van der Waals surface area contributed by atoms with Gasteiger partial charge in [0.15, 0.2) is 0 Å². The summed E-state index contributed by atoms with van der Waals surface area (Å²) in [4.78, 5) is 0. The van der Waals surface area contributed by atoms with Crippen molar-refractivity contribution in [3.63, 3.8) is 0 Å². The van der Waals surface area contributed by atoms with Crippen LogP contribution in [-0.2, 0) is 0 Å². The van der Waals surface area contributed by atoms with Gasteiger partial charge in [-0.15, -0.1) is 0 Å². The molecule has 2 heteroatoms. The molecule has 0 aromatic heterocycles. The molecule has 1 N–H and O–H groups in total. The summed E-state index contributed by atoms with van der Waals surface area (Å²) in [5.74, 6) is -0.115. The molecule has 0 unspecified atom stereocenters. The van der Waals surface area contributed by atoms with Crippen LogP contribution in [0, 0.1) is 12.7 Å². The number of aromatic hydroxyl groups is 1. The lowest BCUT2D eigenvalue weighted by Crippen LogP contribution is -1.87. The predicted molar refractivity (Wildman–Crippen MR) is 58.2 cm³/mol. The highest BCUT2D eigenvalue weighted by Crippen LogP contribution is 2.28. The first kappa shape index (κ1) is 9.71. The van der Waals surface area contributed by atoms with E-state index in [1.807, 2.05) is 13.0 Å². The third-order valence-corrected chi connectivity index (χ3v) is 2.36. The molecule has 0 saturated carbocycles. The lowest BCUT2D eigenvalue weighted by molar-refractivity contribution is 0.475. The van der Waals surface area contributed by atoms with Gasteiger partial charge in [0.05, 0.1) is 0 Å². The average molecular weight is 202 g/mol. The van der Waals surface area contributed by atoms with Gasteiger partial charge in [-0.05, 0) is 36.2 Å². The second kappa shape index (κ2) is 3.73. The molecule has 76 valence electrons. The Balaban J connectivity index is 2.63. The molecular weight excluding hydrogens is 191 g/mol. The van der Waals surface area contributed by atoms with Gasteiger partial charge in [0.1, 0.15) is 11.6 Å². The molecule has 0 heterocycles. The summed E-state index contributed by atoms with van der Waals surface area (Å²) >= 11 is 0. The number of phenolic OH excluding ortho intramolecular Hbond substituents is 1. The van der Waals surface area contributed by atoms with Crippen molar-refractivity contribution in [3.05, 3.63) is 53.8 Å². The molecule has 0 radical (unpaired) electrons. The van der Waals surface area contributed by atoms with Crippen LogP contribution >= 0.6 is 0 Å². The van der Waals surface area contributed by atoms with E-state index in [4.69, 9.17) is 0 Å². The zero-order valence-corrected chi connectivity index (χ0v) is 8.37. The number of aryl methyl sites for hydroxylation is 1. The minimum Gasteiger partial charge on any atom is -0.508 e. The minimum absolute atomic E-state index is 0.148. The van der Waals surface area contributed by atoms with Crippen molar-refractivity contribution in [3.8, 4) is 16.9 Å². The Morgan fingerprint density at radius 2 is 1.80 bits per heavy atom. The van der Waals surface area contributed by atoms with Crippen molar-refractivity contribution >= 4 is 0 Å². The van der Waals surface area contributed by atoms with Crippen molar-refractivity contribution in [2.24, 2.45) is 0 Å². The van der Waals surface area contributed by atoms with E-state index in [-0.39, 0.29) is 11.6 Å². The number of halogens is 1. The zero-order chi connectivity index (χ0) is 10.8. The van der Waals surface area contributed by atoms with E-state index in [0.717, 1.165) is 5.56 Å². The Labute approximate surface area is 87.8 Å². The topological polar surface area (TPSA) is 20.2 Å². The minimum atomic E-state index is -0.263. The van der Waals surface area contributed by atoms with Gasteiger partial charge < -0.3 is 5.11 Å². The lowest BCUT2D eigenvalue weighted by atomic mass is 10.00. The molecular formula is C13H11FO. The van der Waals surface area contributed by atoms with Gasteiger partial charge in [0.2, 0.25) is 0 Å². The maximum Gasteiger partial charge on any atom is 0.131 e. The number of phenols is 1. The molecule has 0 aliphatic heterocycles. The van der Waals surface area contributed by atoms with Crippen LogP contribution in [0.3, 0.4) is 0 Å². The van der Waals surface area contributed by atoms with E-state index in [2.05, 4.69) is 0 Å². The first-order valence-corrected chi connectivity index (χ1v) is 4.73. The van der Waals surface area contributed by atoms with Gasteiger partial charge in [0, 0.05) is 5.56 Å². The fraction of sp³-hybridized carbons (Fsp3) is 0.0769. The Morgan fingerprint density at radius 3 is 2.47 bits per heavy atom. The number of hydrogen-bond acceptors (Lipinski definition) is 1. The molecule has 0 atom stereocenters. The van der Waals surface area contributed by atoms with Crippen LogP contribution in [0.4, 0.5) is 4.39 Å². The summed E-state index contributed by atoms with van der Waals surface area (Å²) in [5.41, 5.74) is 2.11. The monoisotopic (exact) mass is 202 g/mol. The van der Waals surface area contributed by atoms with E-state index >= 15 is 0 Å². The van der Waals surface area contributed by atoms with E-state index in [0.29, 0.717) is 11.1 Å². The van der Waals surface area contributed by atoms with Crippen LogP contribution < -0.4 is 0 Å². The van der Waals surface area contributed by atoms with Crippen LogP contribution in [0.25, 0.3) is 11.1 Å². The van der Waals surface area contributed by atoms with Crippen LogP contribution in [0.5, 0.6) is 5.75 Å². The average Bonchev–Trinajstić information content (AvgIpc) is 2.17. The van der Waals surface area contributed by atoms with Crippen molar-refractivity contribution in [2.75, 3.05) is 0 Å². The highest BCUT2D eigenvalue weighted by Gasteiger charge is 2.07. The van der Waals surface area contributed by atoms with Gasteiger partial charge in [-0.3, -0.25) is 0 Å². The Kier molecular flexibility index (Phi) is 2.42. The van der Waals surface area contributed by atoms with Crippen LogP contribution in [0.2, 0.25) is 0 Å². The van der Waals surface area contributed by atoms with Crippen molar-refractivity contribution in [2.45, 2.75) is 6.92 Å². The number of hydrogen-bond donors (Lipinski definition) is 1. The smallest absolute Gasteiger partial charge is 0.131 e. The molecule has 1 nitrogen and oxygen atoms in total. The van der Waals surface area contributed by atoms with Gasteiger partial charge >= 0.3 is 0 Å². The second-order valence-electron chi connectivity index (χ2n) is 3.48. The molecule has 2 aromatic rings. The fourth-order valence-corrected chi connectivity index (χ4v) is 1.66.